The number of nitrogens with two attached hydrogens (primary N) is 1. The Morgan fingerprint density at radius 1 is 1.35 bits per heavy atom. The number of anilines is 2. The molecule has 2 rings (SSSR count). The van der Waals surface area contributed by atoms with E-state index in [1.165, 1.54) is 12.4 Å². The van der Waals surface area contributed by atoms with Crippen molar-refractivity contribution in [1.82, 2.24) is 14.9 Å². The first-order chi connectivity index (χ1) is 12.4. The Balaban J connectivity index is 2.33. The second-order valence-electron chi connectivity index (χ2n) is 5.66. The fraction of sp³-hybridized carbons (Fsp3) is 0.294. The third-order valence-electron chi connectivity index (χ3n) is 3.37. The largest absolute Gasteiger partial charge is 0.491 e. The molecule has 0 spiro atoms. The molecular weight excluding hydrogens is 356 g/mol. The minimum atomic E-state index is -0.774. The number of hydrogen-bond donors (Lipinski definition) is 1. The first-order valence-electron chi connectivity index (χ1n) is 7.81. The van der Waals surface area contributed by atoms with Crippen LogP contribution in [0.1, 0.15) is 12.1 Å². The van der Waals surface area contributed by atoms with E-state index in [0.717, 1.165) is 17.9 Å². The molecule has 2 N–H and O–H groups in total. The van der Waals surface area contributed by atoms with Gasteiger partial charge in [-0.2, -0.15) is 5.26 Å². The summed E-state index contributed by atoms with van der Waals surface area (Å²) in [5, 5.41) is 9.25. The van der Waals surface area contributed by atoms with E-state index in [-0.39, 0.29) is 11.5 Å². The first-order valence-corrected chi connectivity index (χ1v) is 8.19. The summed E-state index contributed by atoms with van der Waals surface area (Å²) in [6, 6.07) is 5.99. The van der Waals surface area contributed by atoms with E-state index < -0.39 is 6.03 Å². The van der Waals surface area contributed by atoms with Gasteiger partial charge in [-0.05, 0) is 38.7 Å². The molecular formula is C17H19ClN6O2. The first kappa shape index (κ1) is 19.4. The summed E-state index contributed by atoms with van der Waals surface area (Å²) >= 11 is 6.08. The van der Waals surface area contributed by atoms with Crippen molar-refractivity contribution in [2.45, 2.75) is 6.42 Å². The Labute approximate surface area is 156 Å². The molecule has 0 bridgehead atoms. The smallest absolute Gasteiger partial charge is 0.325 e. The van der Waals surface area contributed by atoms with Gasteiger partial charge in [-0.15, -0.1) is 0 Å². The standard InChI is InChI=1S/C17H19ClN6O2/c1-23(2)6-3-7-26-15-5-4-12(18)8-14(15)24(17(20)25)16-11-21-13(9-19)10-22-16/h4-5,8,10-11H,3,6-7H2,1-2H3,(H2,20,25). The van der Waals surface area contributed by atoms with Gasteiger partial charge in [-0.25, -0.2) is 19.7 Å². The summed E-state index contributed by atoms with van der Waals surface area (Å²) in [4.78, 5) is 23.2. The number of amides is 2. The number of primary amides is 1. The van der Waals surface area contributed by atoms with Crippen LogP contribution < -0.4 is 15.4 Å². The normalized spacial score (nSPS) is 10.4. The summed E-state index contributed by atoms with van der Waals surface area (Å²) in [5.74, 6) is 0.607. The highest BCUT2D eigenvalue weighted by atomic mass is 35.5. The van der Waals surface area contributed by atoms with Crippen LogP contribution in [0.25, 0.3) is 0 Å². The van der Waals surface area contributed by atoms with Crippen molar-refractivity contribution in [3.05, 3.63) is 41.3 Å². The minimum Gasteiger partial charge on any atom is -0.491 e. The number of aromatic nitrogens is 2. The number of urea groups is 1. The highest BCUT2D eigenvalue weighted by molar-refractivity contribution is 6.31. The summed E-state index contributed by atoms with van der Waals surface area (Å²) in [6.07, 6.45) is 3.36. The molecule has 0 radical (unpaired) electrons. The Morgan fingerprint density at radius 3 is 2.69 bits per heavy atom. The van der Waals surface area contributed by atoms with Gasteiger partial charge in [-0.1, -0.05) is 11.6 Å². The Morgan fingerprint density at radius 2 is 2.12 bits per heavy atom. The molecule has 0 aliphatic rings. The molecule has 0 fully saturated rings. The quantitative estimate of drug-likeness (QED) is 0.746. The Hall–Kier alpha value is -2.89. The number of benzene rings is 1. The van der Waals surface area contributed by atoms with Crippen LogP contribution in [0.4, 0.5) is 16.3 Å². The van der Waals surface area contributed by atoms with Crippen molar-refractivity contribution in [3.63, 3.8) is 0 Å². The number of carbonyl (C=O) groups is 1. The summed E-state index contributed by atoms with van der Waals surface area (Å²) in [5.41, 5.74) is 6.02. The van der Waals surface area contributed by atoms with Crippen LogP contribution in [0, 0.1) is 11.3 Å². The topological polar surface area (TPSA) is 108 Å². The van der Waals surface area contributed by atoms with Crippen LogP contribution >= 0.6 is 11.6 Å². The van der Waals surface area contributed by atoms with Crippen molar-refractivity contribution < 1.29 is 9.53 Å². The van der Waals surface area contributed by atoms with Gasteiger partial charge in [0.25, 0.3) is 0 Å². The van der Waals surface area contributed by atoms with Crippen LogP contribution in [0.2, 0.25) is 5.02 Å². The van der Waals surface area contributed by atoms with Crippen molar-refractivity contribution in [2.75, 3.05) is 32.1 Å². The molecule has 2 aromatic rings. The van der Waals surface area contributed by atoms with Gasteiger partial charge in [0.2, 0.25) is 0 Å². The molecule has 0 saturated carbocycles. The molecule has 0 aliphatic carbocycles. The van der Waals surface area contributed by atoms with Crippen molar-refractivity contribution in [1.29, 1.82) is 5.26 Å². The summed E-state index contributed by atoms with van der Waals surface area (Å²) in [7, 11) is 3.96. The molecule has 2 amide bonds. The number of halogens is 1. The van der Waals surface area contributed by atoms with Gasteiger partial charge in [-0.3, -0.25) is 0 Å². The predicted octanol–water partition coefficient (Wildman–Crippen LogP) is 2.55. The maximum absolute atomic E-state index is 12.0. The second-order valence-corrected chi connectivity index (χ2v) is 6.10. The predicted molar refractivity (Wildman–Crippen MR) is 98.6 cm³/mol. The van der Waals surface area contributed by atoms with Gasteiger partial charge in [0.15, 0.2) is 11.5 Å². The lowest BCUT2D eigenvalue weighted by molar-refractivity contribution is 0.255. The van der Waals surface area contributed by atoms with Gasteiger partial charge >= 0.3 is 6.03 Å². The highest BCUT2D eigenvalue weighted by Gasteiger charge is 2.21. The molecule has 26 heavy (non-hydrogen) atoms. The maximum Gasteiger partial charge on any atom is 0.325 e. The van der Waals surface area contributed by atoms with Gasteiger partial charge in [0, 0.05) is 11.6 Å². The lowest BCUT2D eigenvalue weighted by Gasteiger charge is -2.22. The number of hydrogen-bond acceptors (Lipinski definition) is 6. The maximum atomic E-state index is 12.0. The Kier molecular flexibility index (Phi) is 6.72. The summed E-state index contributed by atoms with van der Waals surface area (Å²) < 4.78 is 5.80. The van der Waals surface area contributed by atoms with E-state index in [0.29, 0.717) is 23.1 Å². The van der Waals surface area contributed by atoms with Crippen LogP contribution in [0.15, 0.2) is 30.6 Å². The fourth-order valence-corrected chi connectivity index (χ4v) is 2.37. The number of ether oxygens (including phenoxy) is 1. The molecule has 1 aromatic carbocycles. The number of carbonyl (C=O) groups excluding carboxylic acids is 1. The van der Waals surface area contributed by atoms with E-state index in [9.17, 15) is 4.79 Å². The van der Waals surface area contributed by atoms with Gasteiger partial charge in [0.1, 0.15) is 11.8 Å². The van der Waals surface area contributed by atoms with Crippen LogP contribution in [0.3, 0.4) is 0 Å². The van der Waals surface area contributed by atoms with Crippen molar-refractivity contribution in [3.8, 4) is 11.8 Å². The zero-order chi connectivity index (χ0) is 19.1. The lowest BCUT2D eigenvalue weighted by Crippen LogP contribution is -2.32. The minimum absolute atomic E-state index is 0.129. The van der Waals surface area contributed by atoms with Crippen molar-refractivity contribution >= 4 is 29.1 Å². The van der Waals surface area contributed by atoms with Crippen LogP contribution in [0.5, 0.6) is 5.75 Å². The zero-order valence-electron chi connectivity index (χ0n) is 14.5. The van der Waals surface area contributed by atoms with Crippen LogP contribution in [-0.4, -0.2) is 48.1 Å². The third kappa shape index (κ3) is 5.05. The van der Waals surface area contributed by atoms with E-state index in [1.807, 2.05) is 25.1 Å². The molecule has 1 heterocycles. The molecule has 0 aliphatic heterocycles. The van der Waals surface area contributed by atoms with E-state index in [1.54, 1.807) is 18.2 Å². The number of nitriles is 1. The molecule has 0 saturated heterocycles. The monoisotopic (exact) mass is 374 g/mol. The van der Waals surface area contributed by atoms with Crippen molar-refractivity contribution in [2.24, 2.45) is 5.73 Å². The average Bonchev–Trinajstić information content (AvgIpc) is 2.60. The van der Waals surface area contributed by atoms with Gasteiger partial charge in [0.05, 0.1) is 24.7 Å². The molecule has 136 valence electrons. The van der Waals surface area contributed by atoms with E-state index in [4.69, 9.17) is 27.3 Å². The third-order valence-corrected chi connectivity index (χ3v) is 3.61. The number of nitrogens with zero attached hydrogens (tertiary/aromatic N) is 5. The lowest BCUT2D eigenvalue weighted by atomic mass is 10.2. The molecule has 1 aromatic heterocycles. The fourth-order valence-electron chi connectivity index (χ4n) is 2.20. The summed E-state index contributed by atoms with van der Waals surface area (Å²) in [6.45, 7) is 1.32. The highest BCUT2D eigenvalue weighted by Crippen LogP contribution is 2.35. The molecule has 0 unspecified atom stereocenters. The number of rotatable bonds is 7. The zero-order valence-corrected chi connectivity index (χ0v) is 15.3. The second kappa shape index (κ2) is 8.99. The van der Waals surface area contributed by atoms with Gasteiger partial charge < -0.3 is 15.4 Å². The average molecular weight is 375 g/mol. The van der Waals surface area contributed by atoms with E-state index >= 15 is 0 Å². The van der Waals surface area contributed by atoms with Crippen LogP contribution in [-0.2, 0) is 0 Å². The Bertz CT molecular complexity index is 804. The SMILES string of the molecule is CN(C)CCCOc1ccc(Cl)cc1N(C(N)=O)c1cnc(C#N)cn1. The van der Waals surface area contributed by atoms with E-state index in [2.05, 4.69) is 9.97 Å². The molecule has 8 nitrogen and oxygen atoms in total. The molecule has 0 atom stereocenters. The molecule has 9 heteroatoms.